The molecule has 0 aromatic heterocycles. The molecule has 0 aliphatic rings. The molecule has 0 amide bonds. The number of nitrogens with zero attached hydrogens (tertiary/aromatic N) is 1. The largest absolute Gasteiger partial charge is 0.396 e. The number of Topliss-reactive ketones (excluding diaryl/α,β-unsaturated/α-hetero) is 1. The smallest absolute Gasteiger partial charge is 0.169 e. The average molecular weight is 221 g/mol. The van der Waals surface area contributed by atoms with Gasteiger partial charge in [0.1, 0.15) is 0 Å². The maximum Gasteiger partial charge on any atom is 0.169 e. The van der Waals surface area contributed by atoms with Crippen LogP contribution < -0.4 is 0 Å². The lowest BCUT2D eigenvalue weighted by Gasteiger charge is -2.17. The van der Waals surface area contributed by atoms with Gasteiger partial charge >= 0.3 is 0 Å². The summed E-state index contributed by atoms with van der Waals surface area (Å²) < 4.78 is 0. The van der Waals surface area contributed by atoms with E-state index in [0.29, 0.717) is 12.1 Å². The first-order valence-corrected chi connectivity index (χ1v) is 5.41. The Bertz CT molecular complexity index is 343. The molecule has 0 aliphatic heterocycles. The SMILES string of the molecule is Cc1ccc(C(=O)C(CO)CN(C)C)cc1. The van der Waals surface area contributed by atoms with Crippen molar-refractivity contribution in [3.8, 4) is 0 Å². The molecule has 3 nitrogen and oxygen atoms in total. The molecule has 0 bridgehead atoms. The lowest BCUT2D eigenvalue weighted by atomic mass is 9.97. The molecule has 0 radical (unpaired) electrons. The summed E-state index contributed by atoms with van der Waals surface area (Å²) in [6, 6.07) is 7.46. The Kier molecular flexibility index (Phi) is 4.65. The highest BCUT2D eigenvalue weighted by molar-refractivity contribution is 5.98. The van der Waals surface area contributed by atoms with Gasteiger partial charge in [0.05, 0.1) is 12.5 Å². The van der Waals surface area contributed by atoms with Crippen molar-refractivity contribution in [2.24, 2.45) is 5.92 Å². The molecule has 16 heavy (non-hydrogen) atoms. The number of aliphatic hydroxyl groups excluding tert-OH is 1. The van der Waals surface area contributed by atoms with Crippen LogP contribution >= 0.6 is 0 Å². The zero-order valence-corrected chi connectivity index (χ0v) is 10.1. The summed E-state index contributed by atoms with van der Waals surface area (Å²) in [5, 5.41) is 9.21. The average Bonchev–Trinajstić information content (AvgIpc) is 2.25. The van der Waals surface area contributed by atoms with Gasteiger partial charge in [0.15, 0.2) is 5.78 Å². The maximum atomic E-state index is 12.0. The molecule has 0 saturated carbocycles. The van der Waals surface area contributed by atoms with Crippen molar-refractivity contribution in [2.45, 2.75) is 6.92 Å². The van der Waals surface area contributed by atoms with Crippen molar-refractivity contribution in [2.75, 3.05) is 27.2 Å². The fourth-order valence-corrected chi connectivity index (χ4v) is 1.62. The number of ketones is 1. The topological polar surface area (TPSA) is 40.5 Å². The van der Waals surface area contributed by atoms with E-state index in [1.54, 1.807) is 0 Å². The number of aliphatic hydroxyl groups is 1. The number of rotatable bonds is 5. The standard InChI is InChI=1S/C13H19NO2/c1-10-4-6-11(7-5-10)13(16)12(9-15)8-14(2)3/h4-7,12,15H,8-9H2,1-3H3. The van der Waals surface area contributed by atoms with Crippen molar-refractivity contribution in [1.29, 1.82) is 0 Å². The number of benzene rings is 1. The summed E-state index contributed by atoms with van der Waals surface area (Å²) in [4.78, 5) is 13.9. The highest BCUT2D eigenvalue weighted by Gasteiger charge is 2.19. The minimum absolute atomic E-state index is 0.0104. The second kappa shape index (κ2) is 5.77. The van der Waals surface area contributed by atoms with Crippen LogP contribution in [0.15, 0.2) is 24.3 Å². The van der Waals surface area contributed by atoms with Crippen molar-refractivity contribution in [3.05, 3.63) is 35.4 Å². The van der Waals surface area contributed by atoms with Crippen LogP contribution in [0.5, 0.6) is 0 Å². The predicted octanol–water partition coefficient (Wildman–Crippen LogP) is 1.35. The first-order valence-electron chi connectivity index (χ1n) is 5.41. The van der Waals surface area contributed by atoms with E-state index in [4.69, 9.17) is 0 Å². The van der Waals surface area contributed by atoms with Crippen molar-refractivity contribution >= 4 is 5.78 Å². The molecule has 1 aromatic rings. The second-order valence-corrected chi connectivity index (χ2v) is 4.37. The van der Waals surface area contributed by atoms with E-state index in [2.05, 4.69) is 0 Å². The minimum atomic E-state index is -0.335. The zero-order chi connectivity index (χ0) is 12.1. The Morgan fingerprint density at radius 3 is 2.31 bits per heavy atom. The Morgan fingerprint density at radius 2 is 1.88 bits per heavy atom. The molecule has 1 unspecified atom stereocenters. The van der Waals surface area contributed by atoms with Crippen LogP contribution in [0.3, 0.4) is 0 Å². The summed E-state index contributed by atoms with van der Waals surface area (Å²) in [5.41, 5.74) is 1.80. The van der Waals surface area contributed by atoms with Crippen LogP contribution in [0.25, 0.3) is 0 Å². The van der Waals surface area contributed by atoms with Crippen molar-refractivity contribution in [1.82, 2.24) is 4.90 Å². The molecular formula is C13H19NO2. The monoisotopic (exact) mass is 221 g/mol. The predicted molar refractivity (Wildman–Crippen MR) is 64.6 cm³/mol. The van der Waals surface area contributed by atoms with Crippen LogP contribution in [0, 0.1) is 12.8 Å². The van der Waals surface area contributed by atoms with E-state index in [1.807, 2.05) is 50.2 Å². The summed E-state index contributed by atoms with van der Waals surface area (Å²) >= 11 is 0. The second-order valence-electron chi connectivity index (χ2n) is 4.37. The van der Waals surface area contributed by atoms with Gasteiger partial charge in [0.25, 0.3) is 0 Å². The molecule has 88 valence electrons. The Labute approximate surface area is 96.7 Å². The van der Waals surface area contributed by atoms with Gasteiger partial charge in [-0.1, -0.05) is 29.8 Å². The van der Waals surface area contributed by atoms with Crippen LogP contribution in [0.1, 0.15) is 15.9 Å². The van der Waals surface area contributed by atoms with E-state index in [-0.39, 0.29) is 18.3 Å². The molecular weight excluding hydrogens is 202 g/mol. The van der Waals surface area contributed by atoms with Crippen LogP contribution in [-0.2, 0) is 0 Å². The number of hydrogen-bond acceptors (Lipinski definition) is 3. The first kappa shape index (κ1) is 12.9. The normalized spacial score (nSPS) is 12.8. The van der Waals surface area contributed by atoms with Gasteiger partial charge in [-0.05, 0) is 21.0 Å². The van der Waals surface area contributed by atoms with Crippen LogP contribution in [-0.4, -0.2) is 43.0 Å². The van der Waals surface area contributed by atoms with E-state index in [1.165, 1.54) is 0 Å². The quantitative estimate of drug-likeness (QED) is 0.763. The molecule has 1 N–H and O–H groups in total. The van der Waals surface area contributed by atoms with E-state index < -0.39 is 0 Å². The van der Waals surface area contributed by atoms with Gasteiger partial charge < -0.3 is 10.0 Å². The van der Waals surface area contributed by atoms with Crippen LogP contribution in [0.2, 0.25) is 0 Å². The summed E-state index contributed by atoms with van der Waals surface area (Å²) in [5.74, 6) is -0.325. The van der Waals surface area contributed by atoms with Gasteiger partial charge in [-0.15, -0.1) is 0 Å². The Morgan fingerprint density at radius 1 is 1.31 bits per heavy atom. The van der Waals surface area contributed by atoms with Gasteiger partial charge in [0, 0.05) is 12.1 Å². The maximum absolute atomic E-state index is 12.0. The molecule has 0 heterocycles. The molecule has 1 atom stereocenters. The van der Waals surface area contributed by atoms with Gasteiger partial charge in [-0.2, -0.15) is 0 Å². The summed E-state index contributed by atoms with van der Waals surface area (Å²) in [6.45, 7) is 2.45. The minimum Gasteiger partial charge on any atom is -0.396 e. The first-order chi connectivity index (χ1) is 7.54. The molecule has 3 heteroatoms. The van der Waals surface area contributed by atoms with Gasteiger partial charge in [-0.3, -0.25) is 4.79 Å². The highest BCUT2D eigenvalue weighted by Crippen LogP contribution is 2.11. The Balaban J connectivity index is 2.78. The number of aryl methyl sites for hydroxylation is 1. The third-order valence-electron chi connectivity index (χ3n) is 2.51. The van der Waals surface area contributed by atoms with E-state index >= 15 is 0 Å². The van der Waals surface area contributed by atoms with E-state index in [0.717, 1.165) is 5.56 Å². The number of carbonyl (C=O) groups is 1. The third kappa shape index (κ3) is 3.43. The van der Waals surface area contributed by atoms with Crippen LogP contribution in [0.4, 0.5) is 0 Å². The molecule has 1 aromatic carbocycles. The fraction of sp³-hybridized carbons (Fsp3) is 0.462. The highest BCUT2D eigenvalue weighted by atomic mass is 16.3. The molecule has 0 aliphatic carbocycles. The summed E-state index contributed by atoms with van der Waals surface area (Å²) in [6.07, 6.45) is 0. The van der Waals surface area contributed by atoms with E-state index in [9.17, 15) is 9.90 Å². The van der Waals surface area contributed by atoms with Gasteiger partial charge in [-0.25, -0.2) is 0 Å². The van der Waals surface area contributed by atoms with Gasteiger partial charge in [0.2, 0.25) is 0 Å². The molecule has 0 spiro atoms. The molecule has 0 fully saturated rings. The lowest BCUT2D eigenvalue weighted by molar-refractivity contribution is 0.0826. The molecule has 0 saturated heterocycles. The third-order valence-corrected chi connectivity index (χ3v) is 2.51. The van der Waals surface area contributed by atoms with Crippen molar-refractivity contribution < 1.29 is 9.90 Å². The molecule has 1 rings (SSSR count). The number of carbonyl (C=O) groups excluding carboxylic acids is 1. The number of hydrogen-bond donors (Lipinski definition) is 1. The lowest BCUT2D eigenvalue weighted by Crippen LogP contribution is -2.30. The Hall–Kier alpha value is -1.19. The zero-order valence-electron chi connectivity index (χ0n) is 10.1. The fourth-order valence-electron chi connectivity index (χ4n) is 1.62. The summed E-state index contributed by atoms with van der Waals surface area (Å²) in [7, 11) is 3.79. The van der Waals surface area contributed by atoms with Crippen molar-refractivity contribution in [3.63, 3.8) is 0 Å².